The van der Waals surface area contributed by atoms with Crippen LogP contribution < -0.4 is 10.5 Å². The Balaban J connectivity index is 2.04. The summed E-state index contributed by atoms with van der Waals surface area (Å²) >= 11 is 5.90. The van der Waals surface area contributed by atoms with E-state index in [1.807, 2.05) is 6.07 Å². The Kier molecular flexibility index (Phi) is 6.51. The van der Waals surface area contributed by atoms with Crippen LogP contribution in [0.4, 0.5) is 13.2 Å². The number of rotatable bonds is 5. The number of nitrogens with zero attached hydrogens (tertiary/aromatic N) is 1. The van der Waals surface area contributed by atoms with Crippen molar-refractivity contribution in [1.29, 1.82) is 5.41 Å². The Morgan fingerprint density at radius 3 is 2.44 bits per heavy atom. The summed E-state index contributed by atoms with van der Waals surface area (Å²) in [7, 11) is 0. The van der Waals surface area contributed by atoms with Gasteiger partial charge in [-0.3, -0.25) is 5.41 Å². The predicted octanol–water partition coefficient (Wildman–Crippen LogP) is 3.63. The van der Waals surface area contributed by atoms with Gasteiger partial charge in [-0.15, -0.1) is 0 Å². The smallest absolute Gasteiger partial charge is 0.489 e. The van der Waals surface area contributed by atoms with Crippen molar-refractivity contribution in [2.45, 2.75) is 19.3 Å². The molecule has 0 aromatic heterocycles. The van der Waals surface area contributed by atoms with Gasteiger partial charge in [0.25, 0.3) is 0 Å². The molecule has 144 valence electrons. The second-order valence-corrected chi connectivity index (χ2v) is 5.80. The second kappa shape index (κ2) is 8.63. The molecule has 0 aliphatic heterocycles. The number of nitrogens with one attached hydrogen (secondary N) is 1. The van der Waals surface area contributed by atoms with E-state index in [4.69, 9.17) is 27.5 Å². The summed E-state index contributed by atoms with van der Waals surface area (Å²) in [5, 5.41) is 8.18. The largest absolute Gasteiger partial charge is 0.493 e. The normalized spacial score (nSPS) is 11.0. The van der Waals surface area contributed by atoms with Crippen LogP contribution in [-0.2, 0) is 22.8 Å². The van der Waals surface area contributed by atoms with Gasteiger partial charge in [0.15, 0.2) is 0 Å². The van der Waals surface area contributed by atoms with Crippen LogP contribution in [0.25, 0.3) is 0 Å². The molecule has 2 rings (SSSR count). The lowest BCUT2D eigenvalue weighted by Gasteiger charge is -2.21. The van der Waals surface area contributed by atoms with Gasteiger partial charge in [0.05, 0.1) is 6.54 Å². The molecule has 0 bridgehead atoms. The molecule has 2 aromatic rings. The van der Waals surface area contributed by atoms with Gasteiger partial charge in [-0.2, -0.15) is 18.2 Å². The topological polar surface area (TPSA) is 88.6 Å². The number of guanidine groups is 1. The molecule has 0 unspecified atom stereocenters. The number of hydroxylamine groups is 2. The van der Waals surface area contributed by atoms with E-state index in [0.717, 1.165) is 5.56 Å². The molecule has 10 heteroatoms. The van der Waals surface area contributed by atoms with Crippen LogP contribution in [0.2, 0.25) is 5.02 Å². The fourth-order valence-electron chi connectivity index (χ4n) is 2.01. The number of benzene rings is 2. The molecule has 0 aliphatic rings. The van der Waals surface area contributed by atoms with Crippen LogP contribution in [0.1, 0.15) is 11.1 Å². The van der Waals surface area contributed by atoms with Crippen molar-refractivity contribution in [1.82, 2.24) is 5.06 Å². The Hall–Kier alpha value is -2.94. The van der Waals surface area contributed by atoms with Crippen molar-refractivity contribution in [3.8, 4) is 5.75 Å². The third kappa shape index (κ3) is 6.37. The molecule has 0 radical (unpaired) electrons. The van der Waals surface area contributed by atoms with E-state index in [0.29, 0.717) is 21.4 Å². The molecule has 0 spiro atoms. The van der Waals surface area contributed by atoms with Gasteiger partial charge in [0.2, 0.25) is 5.96 Å². The van der Waals surface area contributed by atoms with Gasteiger partial charge in [0.1, 0.15) is 12.4 Å². The maximum Gasteiger partial charge on any atom is 0.493 e. The molecule has 0 amide bonds. The fourth-order valence-corrected chi connectivity index (χ4v) is 2.22. The molecule has 3 N–H and O–H groups in total. The number of carbonyl (C=O) groups is 1. The van der Waals surface area contributed by atoms with Crippen molar-refractivity contribution < 1.29 is 27.5 Å². The number of hydrogen-bond acceptors (Lipinski definition) is 4. The molecular formula is C17H15ClF3N3O3. The van der Waals surface area contributed by atoms with Gasteiger partial charge >= 0.3 is 12.1 Å². The minimum atomic E-state index is -5.20. The Labute approximate surface area is 157 Å². The van der Waals surface area contributed by atoms with Gasteiger partial charge < -0.3 is 15.3 Å². The number of carbonyl (C=O) groups excluding carboxylic acids is 1. The average Bonchev–Trinajstić information content (AvgIpc) is 2.59. The SMILES string of the molecule is N=C(N)N(Cc1cccc(OCc2cccc(Cl)c2)c1)OC(=O)C(F)(F)F. The van der Waals surface area contributed by atoms with Crippen molar-refractivity contribution in [3.05, 3.63) is 64.7 Å². The molecule has 0 saturated carbocycles. The summed E-state index contributed by atoms with van der Waals surface area (Å²) in [6.07, 6.45) is -5.20. The van der Waals surface area contributed by atoms with Crippen LogP contribution >= 0.6 is 11.6 Å². The molecule has 0 saturated heterocycles. The van der Waals surface area contributed by atoms with Crippen LogP contribution in [0.5, 0.6) is 5.75 Å². The lowest BCUT2D eigenvalue weighted by atomic mass is 10.2. The number of ether oxygens (including phenoxy) is 1. The monoisotopic (exact) mass is 401 g/mol. The van der Waals surface area contributed by atoms with E-state index in [2.05, 4.69) is 4.84 Å². The van der Waals surface area contributed by atoms with Crippen molar-refractivity contribution >= 4 is 23.5 Å². The maximum atomic E-state index is 12.3. The van der Waals surface area contributed by atoms with Crippen LogP contribution in [0.15, 0.2) is 48.5 Å². The molecule has 6 nitrogen and oxygen atoms in total. The van der Waals surface area contributed by atoms with Crippen LogP contribution in [0.3, 0.4) is 0 Å². The second-order valence-electron chi connectivity index (χ2n) is 5.36. The van der Waals surface area contributed by atoms with E-state index < -0.39 is 18.1 Å². The van der Waals surface area contributed by atoms with Gasteiger partial charge in [-0.25, -0.2) is 4.79 Å². The number of halogens is 4. The van der Waals surface area contributed by atoms with E-state index >= 15 is 0 Å². The lowest BCUT2D eigenvalue weighted by molar-refractivity contribution is -0.227. The highest BCUT2D eigenvalue weighted by Crippen LogP contribution is 2.20. The van der Waals surface area contributed by atoms with Crippen molar-refractivity contribution in [3.63, 3.8) is 0 Å². The summed E-state index contributed by atoms with van der Waals surface area (Å²) in [6, 6.07) is 13.4. The first-order valence-electron chi connectivity index (χ1n) is 7.52. The zero-order valence-electron chi connectivity index (χ0n) is 13.8. The fraction of sp³-hybridized carbons (Fsp3) is 0.176. The van der Waals surface area contributed by atoms with E-state index in [9.17, 15) is 18.0 Å². The van der Waals surface area contributed by atoms with Crippen LogP contribution in [-0.4, -0.2) is 23.2 Å². The Morgan fingerprint density at radius 2 is 1.81 bits per heavy atom. The Bertz CT molecular complexity index is 830. The van der Waals surface area contributed by atoms with Gasteiger partial charge in [0, 0.05) is 5.02 Å². The quantitative estimate of drug-likeness (QED) is 0.453. The summed E-state index contributed by atoms with van der Waals surface area (Å²) in [5.41, 5.74) is 6.43. The number of alkyl halides is 3. The summed E-state index contributed by atoms with van der Waals surface area (Å²) < 4.78 is 42.6. The first kappa shape index (κ1) is 20.4. The summed E-state index contributed by atoms with van der Waals surface area (Å²) in [5.74, 6) is -2.89. The maximum absolute atomic E-state index is 12.3. The summed E-state index contributed by atoms with van der Waals surface area (Å²) in [6.45, 7) is -0.130. The number of nitrogens with two attached hydrogens (primary N) is 1. The zero-order valence-corrected chi connectivity index (χ0v) is 14.6. The third-order valence-corrected chi connectivity index (χ3v) is 3.45. The minimum absolute atomic E-state index is 0.226. The first-order chi connectivity index (χ1) is 12.6. The van der Waals surface area contributed by atoms with E-state index in [1.54, 1.807) is 36.4 Å². The van der Waals surface area contributed by atoms with Gasteiger partial charge in [-0.05, 0) is 35.4 Å². The molecular weight excluding hydrogens is 387 g/mol. The van der Waals surface area contributed by atoms with Crippen LogP contribution in [0, 0.1) is 5.41 Å². The standard InChI is InChI=1S/C17H15ClF3N3O3/c18-13-5-1-4-12(7-13)10-26-14-6-2-3-11(8-14)9-24(16(22)23)27-15(25)17(19,20)21/h1-8H,9-10H2,(H3,22,23). The summed E-state index contributed by atoms with van der Waals surface area (Å²) in [4.78, 5) is 15.1. The molecule has 27 heavy (non-hydrogen) atoms. The highest BCUT2D eigenvalue weighted by Gasteiger charge is 2.43. The lowest BCUT2D eigenvalue weighted by Crippen LogP contribution is -2.41. The van der Waals surface area contributed by atoms with Crippen molar-refractivity contribution in [2.24, 2.45) is 5.73 Å². The highest BCUT2D eigenvalue weighted by atomic mass is 35.5. The Morgan fingerprint density at radius 1 is 1.15 bits per heavy atom. The van der Waals surface area contributed by atoms with E-state index in [1.165, 1.54) is 6.07 Å². The molecule has 2 aromatic carbocycles. The third-order valence-electron chi connectivity index (χ3n) is 3.21. The predicted molar refractivity (Wildman–Crippen MR) is 91.8 cm³/mol. The zero-order chi connectivity index (χ0) is 20.0. The minimum Gasteiger partial charge on any atom is -0.489 e. The van der Waals surface area contributed by atoms with Crippen molar-refractivity contribution in [2.75, 3.05) is 0 Å². The van der Waals surface area contributed by atoms with Gasteiger partial charge in [-0.1, -0.05) is 35.9 Å². The van der Waals surface area contributed by atoms with E-state index in [-0.39, 0.29) is 13.2 Å². The average molecular weight is 402 g/mol. The molecule has 0 atom stereocenters. The first-order valence-corrected chi connectivity index (χ1v) is 7.90. The highest BCUT2D eigenvalue weighted by molar-refractivity contribution is 6.30. The molecule has 0 aliphatic carbocycles. The number of hydrogen-bond donors (Lipinski definition) is 2. The molecule has 0 fully saturated rings. The molecule has 0 heterocycles.